The first-order valence-corrected chi connectivity index (χ1v) is 12.0. The van der Waals surface area contributed by atoms with Crippen LogP contribution in [0, 0.1) is 11.6 Å². The van der Waals surface area contributed by atoms with Crippen molar-refractivity contribution in [3.63, 3.8) is 0 Å². The summed E-state index contributed by atoms with van der Waals surface area (Å²) in [5, 5.41) is 4.15. The molecule has 4 aromatic rings. The summed E-state index contributed by atoms with van der Waals surface area (Å²) in [4.78, 5) is 28.3. The van der Waals surface area contributed by atoms with Crippen LogP contribution in [0.15, 0.2) is 35.2 Å². The number of carbonyl (C=O) groups excluding carboxylic acids is 1. The molecule has 1 aliphatic rings. The van der Waals surface area contributed by atoms with E-state index in [4.69, 9.17) is 9.26 Å². The molecule has 4 heterocycles. The molecule has 3 aromatic heterocycles. The number of hydrogen-bond acceptors (Lipinski definition) is 8. The highest BCUT2D eigenvalue weighted by molar-refractivity contribution is 5.94. The Kier molecular flexibility index (Phi) is 6.48. The third-order valence-corrected chi connectivity index (χ3v) is 6.39. The molecule has 0 bridgehead atoms. The third kappa shape index (κ3) is 4.70. The van der Waals surface area contributed by atoms with Crippen LogP contribution < -0.4 is 9.64 Å². The molecule has 0 spiro atoms. The van der Waals surface area contributed by atoms with Gasteiger partial charge in [0.15, 0.2) is 23.0 Å². The first-order chi connectivity index (χ1) is 17.7. The van der Waals surface area contributed by atoms with Gasteiger partial charge < -0.3 is 23.6 Å². The Labute approximate surface area is 211 Å². The zero-order valence-electron chi connectivity index (χ0n) is 21.0. The molecule has 12 heteroatoms. The largest absolute Gasteiger partial charge is 0.435 e. The van der Waals surface area contributed by atoms with E-state index in [0.717, 1.165) is 6.07 Å². The Morgan fingerprint density at radius 3 is 2.57 bits per heavy atom. The number of nitrogens with zero attached hydrogens (tertiary/aromatic N) is 7. The normalized spacial score (nSPS) is 14.5. The van der Waals surface area contributed by atoms with E-state index in [9.17, 15) is 9.18 Å². The van der Waals surface area contributed by atoms with Gasteiger partial charge in [-0.1, -0.05) is 13.8 Å². The molecule has 10 nitrogen and oxygen atoms in total. The van der Waals surface area contributed by atoms with Crippen molar-refractivity contribution in [2.45, 2.75) is 38.6 Å². The minimum atomic E-state index is -0.756. The Hall–Kier alpha value is -4.09. The average molecular weight is 512 g/mol. The van der Waals surface area contributed by atoms with E-state index < -0.39 is 11.6 Å². The zero-order chi connectivity index (χ0) is 26.3. The van der Waals surface area contributed by atoms with Gasteiger partial charge in [-0.3, -0.25) is 4.79 Å². The number of ether oxygens (including phenoxy) is 1. The van der Waals surface area contributed by atoms with Gasteiger partial charge in [-0.2, -0.15) is 4.98 Å². The number of aromatic nitrogens is 5. The summed E-state index contributed by atoms with van der Waals surface area (Å²) >= 11 is 0. The van der Waals surface area contributed by atoms with E-state index in [0.29, 0.717) is 43.4 Å². The van der Waals surface area contributed by atoms with Gasteiger partial charge in [0.05, 0.1) is 0 Å². The van der Waals surface area contributed by atoms with Crippen molar-refractivity contribution in [2.75, 3.05) is 32.1 Å². The molecular weight excluding hydrogens is 484 g/mol. The van der Waals surface area contributed by atoms with Crippen molar-refractivity contribution in [2.24, 2.45) is 0 Å². The second-order valence-corrected chi connectivity index (χ2v) is 9.51. The summed E-state index contributed by atoms with van der Waals surface area (Å²) in [6.45, 7) is 5.32. The first-order valence-electron chi connectivity index (χ1n) is 12.0. The number of fused-ring (bicyclic) bond motifs is 1. The summed E-state index contributed by atoms with van der Waals surface area (Å²) < 4.78 is 42.6. The molecule has 37 heavy (non-hydrogen) atoms. The lowest BCUT2D eigenvalue weighted by molar-refractivity contribution is 0.0827. The van der Waals surface area contributed by atoms with Crippen molar-refractivity contribution in [3.05, 3.63) is 53.8 Å². The minimum Gasteiger partial charge on any atom is -0.435 e. The summed E-state index contributed by atoms with van der Waals surface area (Å²) in [7, 11) is 3.15. The molecule has 194 valence electrons. The standard InChI is InChI=1S/C25H27F2N7O3/c1-14(2)22-30-25(31-37-22)33-9-7-16(8-10-33)34-12-18(27)20-21(34)28-13-29-23(20)36-19-6-5-15(11-17(19)26)24(35)32(3)4/h5-6,11-14,16H,7-10H2,1-4H3. The van der Waals surface area contributed by atoms with Crippen LogP contribution in [-0.4, -0.2) is 62.7 Å². The second kappa shape index (κ2) is 9.75. The molecule has 5 rings (SSSR count). The van der Waals surface area contributed by atoms with Crippen molar-refractivity contribution in [3.8, 4) is 11.6 Å². The Balaban J connectivity index is 1.36. The number of benzene rings is 1. The summed E-state index contributed by atoms with van der Waals surface area (Å²) in [6.07, 6.45) is 4.07. The van der Waals surface area contributed by atoms with Crippen LogP contribution in [0.4, 0.5) is 14.7 Å². The maximum atomic E-state index is 15.1. The fourth-order valence-electron chi connectivity index (χ4n) is 4.38. The maximum absolute atomic E-state index is 15.1. The molecule has 0 atom stereocenters. The van der Waals surface area contributed by atoms with Gasteiger partial charge in [0.1, 0.15) is 11.7 Å². The monoisotopic (exact) mass is 511 g/mol. The number of carbonyl (C=O) groups is 1. The highest BCUT2D eigenvalue weighted by atomic mass is 19.1. The van der Waals surface area contributed by atoms with E-state index in [-0.39, 0.29) is 40.4 Å². The molecule has 0 N–H and O–H groups in total. The average Bonchev–Trinajstić information content (AvgIpc) is 3.51. The SMILES string of the molecule is CC(C)c1nc(N2CCC(n3cc(F)c4c(Oc5ccc(C(=O)N(C)C)cc5F)ncnc43)CC2)no1. The molecule has 0 unspecified atom stereocenters. The van der Waals surface area contributed by atoms with E-state index >= 15 is 4.39 Å². The fraction of sp³-hybridized carbons (Fsp3) is 0.400. The highest BCUT2D eigenvalue weighted by Gasteiger charge is 2.27. The van der Waals surface area contributed by atoms with Gasteiger partial charge in [-0.05, 0) is 36.2 Å². The molecule has 1 aromatic carbocycles. The van der Waals surface area contributed by atoms with Gasteiger partial charge >= 0.3 is 0 Å². The van der Waals surface area contributed by atoms with Gasteiger partial charge in [0.2, 0.25) is 11.8 Å². The fourth-order valence-corrected chi connectivity index (χ4v) is 4.38. The number of piperidine rings is 1. The van der Waals surface area contributed by atoms with E-state index in [1.54, 1.807) is 18.7 Å². The number of hydrogen-bond donors (Lipinski definition) is 0. The summed E-state index contributed by atoms with van der Waals surface area (Å²) in [6, 6.07) is 3.84. The van der Waals surface area contributed by atoms with Crippen molar-refractivity contribution in [1.29, 1.82) is 0 Å². The second-order valence-electron chi connectivity index (χ2n) is 9.51. The van der Waals surface area contributed by atoms with Crippen LogP contribution in [0.2, 0.25) is 0 Å². The van der Waals surface area contributed by atoms with Gasteiger partial charge in [0.25, 0.3) is 11.9 Å². The third-order valence-electron chi connectivity index (χ3n) is 6.39. The van der Waals surface area contributed by atoms with E-state index in [1.807, 2.05) is 18.7 Å². The van der Waals surface area contributed by atoms with Gasteiger partial charge in [-0.15, -0.1) is 0 Å². The Morgan fingerprint density at radius 2 is 1.92 bits per heavy atom. The van der Waals surface area contributed by atoms with Crippen LogP contribution >= 0.6 is 0 Å². The summed E-state index contributed by atoms with van der Waals surface area (Å²) in [5.74, 6) is -0.630. The van der Waals surface area contributed by atoms with Crippen LogP contribution in [0.3, 0.4) is 0 Å². The van der Waals surface area contributed by atoms with Gasteiger partial charge in [0, 0.05) is 50.9 Å². The topological polar surface area (TPSA) is 102 Å². The van der Waals surface area contributed by atoms with Crippen LogP contribution in [0.1, 0.15) is 54.9 Å². The van der Waals surface area contributed by atoms with Crippen molar-refractivity contribution >= 4 is 22.9 Å². The predicted molar refractivity (Wildman–Crippen MR) is 131 cm³/mol. The van der Waals surface area contributed by atoms with E-state index in [1.165, 1.54) is 29.6 Å². The smallest absolute Gasteiger partial charge is 0.266 e. The quantitative estimate of drug-likeness (QED) is 0.372. The molecule has 0 aliphatic carbocycles. The predicted octanol–water partition coefficient (Wildman–Crippen LogP) is 4.55. The molecule has 0 radical (unpaired) electrons. The number of amides is 1. The van der Waals surface area contributed by atoms with Gasteiger partial charge in [-0.25, -0.2) is 18.7 Å². The lowest BCUT2D eigenvalue weighted by Gasteiger charge is -2.31. The number of anilines is 1. The highest BCUT2D eigenvalue weighted by Crippen LogP contribution is 2.35. The molecule has 1 saturated heterocycles. The molecule has 1 fully saturated rings. The Bertz CT molecular complexity index is 1440. The van der Waals surface area contributed by atoms with E-state index in [2.05, 4.69) is 20.1 Å². The summed E-state index contributed by atoms with van der Waals surface area (Å²) in [5.41, 5.74) is 0.537. The molecule has 0 saturated carbocycles. The Morgan fingerprint density at radius 1 is 1.16 bits per heavy atom. The molecule has 1 aliphatic heterocycles. The first kappa shape index (κ1) is 24.6. The van der Waals surface area contributed by atoms with Crippen LogP contribution in [-0.2, 0) is 0 Å². The molecule has 1 amide bonds. The lowest BCUT2D eigenvalue weighted by Crippen LogP contribution is -2.35. The van der Waals surface area contributed by atoms with Crippen molar-refractivity contribution < 1.29 is 22.8 Å². The number of halogens is 2. The maximum Gasteiger partial charge on any atom is 0.266 e. The van der Waals surface area contributed by atoms with Crippen molar-refractivity contribution in [1.82, 2.24) is 29.6 Å². The molecular formula is C25H27F2N7O3. The minimum absolute atomic E-state index is 0.0180. The zero-order valence-corrected chi connectivity index (χ0v) is 21.0. The number of rotatable bonds is 6. The van der Waals surface area contributed by atoms with Crippen LogP contribution in [0.25, 0.3) is 11.0 Å². The lowest BCUT2D eigenvalue weighted by atomic mass is 10.1. The van der Waals surface area contributed by atoms with Crippen LogP contribution in [0.5, 0.6) is 11.6 Å².